The van der Waals surface area contributed by atoms with E-state index in [4.69, 9.17) is 6.42 Å². The Kier molecular flexibility index (Phi) is 4.15. The maximum absolute atomic E-state index is 5.22. The zero-order valence-electron chi connectivity index (χ0n) is 10.7. The summed E-state index contributed by atoms with van der Waals surface area (Å²) in [5.74, 6) is 2.59. The lowest BCUT2D eigenvalue weighted by Gasteiger charge is -2.20. The van der Waals surface area contributed by atoms with Gasteiger partial charge in [-0.05, 0) is 23.5 Å². The molecule has 16 heavy (non-hydrogen) atoms. The molecule has 0 heterocycles. The van der Waals surface area contributed by atoms with Gasteiger partial charge < -0.3 is 0 Å². The van der Waals surface area contributed by atoms with Crippen LogP contribution < -0.4 is 5.32 Å². The van der Waals surface area contributed by atoms with Crippen LogP contribution in [0.25, 0.3) is 0 Å². The lowest BCUT2D eigenvalue weighted by atomic mass is 9.86. The molecule has 86 valence electrons. The number of hydrogen-bond donors (Lipinski definition) is 1. The van der Waals surface area contributed by atoms with Gasteiger partial charge in [0.1, 0.15) is 0 Å². The largest absolute Gasteiger partial charge is 0.300 e. The summed E-state index contributed by atoms with van der Waals surface area (Å²) in [6.07, 6.45) is 5.22. The van der Waals surface area contributed by atoms with E-state index in [1.807, 2.05) is 0 Å². The minimum atomic E-state index is 0.216. The molecule has 1 N–H and O–H groups in total. The van der Waals surface area contributed by atoms with Gasteiger partial charge in [-0.25, -0.2) is 0 Å². The van der Waals surface area contributed by atoms with E-state index in [0.717, 1.165) is 0 Å². The van der Waals surface area contributed by atoms with Crippen LogP contribution in [0.1, 0.15) is 44.9 Å². The Morgan fingerprint density at radius 3 is 2.25 bits per heavy atom. The van der Waals surface area contributed by atoms with Gasteiger partial charge in [-0.1, -0.05) is 51.0 Å². The van der Waals surface area contributed by atoms with E-state index >= 15 is 0 Å². The summed E-state index contributed by atoms with van der Waals surface area (Å²) in [4.78, 5) is 0. The van der Waals surface area contributed by atoms with Gasteiger partial charge in [-0.15, -0.1) is 6.42 Å². The first-order chi connectivity index (χ1) is 7.45. The van der Waals surface area contributed by atoms with Crippen LogP contribution in [0, 0.1) is 12.3 Å². The smallest absolute Gasteiger partial charge is 0.0578 e. The van der Waals surface area contributed by atoms with Gasteiger partial charge in [0.25, 0.3) is 0 Å². The van der Waals surface area contributed by atoms with Crippen molar-refractivity contribution in [3.05, 3.63) is 35.4 Å². The van der Waals surface area contributed by atoms with Crippen LogP contribution in [0.15, 0.2) is 24.3 Å². The van der Waals surface area contributed by atoms with Gasteiger partial charge >= 0.3 is 0 Å². The quantitative estimate of drug-likeness (QED) is 0.763. The molecule has 1 atom stereocenters. The molecular weight excluding hydrogens is 194 g/mol. The molecule has 0 aromatic heterocycles. The maximum Gasteiger partial charge on any atom is 0.0578 e. The van der Waals surface area contributed by atoms with Crippen LogP contribution in [0.4, 0.5) is 0 Å². The number of benzene rings is 1. The summed E-state index contributed by atoms with van der Waals surface area (Å²) in [6, 6.07) is 9.06. The number of hydrogen-bond acceptors (Lipinski definition) is 1. The second-order valence-electron chi connectivity index (χ2n) is 5.18. The van der Waals surface area contributed by atoms with Crippen molar-refractivity contribution in [3.8, 4) is 12.3 Å². The highest BCUT2D eigenvalue weighted by atomic mass is 14.9. The molecule has 1 aromatic rings. The predicted octanol–water partition coefficient (Wildman–Crippen LogP) is 3.27. The van der Waals surface area contributed by atoms with Crippen LogP contribution in [-0.4, -0.2) is 6.54 Å². The van der Waals surface area contributed by atoms with Crippen molar-refractivity contribution in [3.63, 3.8) is 0 Å². The Labute approximate surface area is 99.3 Å². The van der Waals surface area contributed by atoms with Crippen LogP contribution in [0.3, 0.4) is 0 Å². The van der Waals surface area contributed by atoms with Crippen molar-refractivity contribution in [2.45, 2.75) is 39.2 Å². The lowest BCUT2D eigenvalue weighted by molar-refractivity contribution is 0.587. The third-order valence-corrected chi connectivity index (χ3v) is 2.79. The van der Waals surface area contributed by atoms with Crippen LogP contribution >= 0.6 is 0 Å². The van der Waals surface area contributed by atoms with E-state index in [1.54, 1.807) is 0 Å². The molecule has 1 rings (SSSR count). The van der Waals surface area contributed by atoms with Crippen molar-refractivity contribution in [2.75, 3.05) is 6.54 Å². The Morgan fingerprint density at radius 2 is 1.81 bits per heavy atom. The Morgan fingerprint density at radius 1 is 1.25 bits per heavy atom. The third-order valence-electron chi connectivity index (χ3n) is 2.79. The molecular formula is C15H21N. The monoisotopic (exact) mass is 215 g/mol. The molecule has 0 spiro atoms. The summed E-state index contributed by atoms with van der Waals surface area (Å²) in [5.41, 5.74) is 2.86. The molecule has 0 aliphatic heterocycles. The minimum Gasteiger partial charge on any atom is -0.300 e. The van der Waals surface area contributed by atoms with Gasteiger partial charge in [0.2, 0.25) is 0 Å². The summed E-state index contributed by atoms with van der Waals surface area (Å²) < 4.78 is 0. The summed E-state index contributed by atoms with van der Waals surface area (Å²) in [5, 5.41) is 3.27. The molecule has 0 radical (unpaired) electrons. The van der Waals surface area contributed by atoms with E-state index in [2.05, 4.69) is 63.2 Å². The normalized spacial score (nSPS) is 13.2. The number of terminal acetylenes is 1. The first-order valence-corrected chi connectivity index (χ1v) is 5.72. The van der Waals surface area contributed by atoms with Crippen LogP contribution in [0.2, 0.25) is 0 Å². The van der Waals surface area contributed by atoms with Gasteiger partial charge in [0.15, 0.2) is 0 Å². The average molecular weight is 215 g/mol. The summed E-state index contributed by atoms with van der Waals surface area (Å²) >= 11 is 0. The van der Waals surface area contributed by atoms with Gasteiger partial charge in [0.05, 0.1) is 6.54 Å². The SMILES string of the molecule is C#CCNC(C)c1ccc(C(C)(C)C)cc1. The van der Waals surface area contributed by atoms with Crippen LogP contribution in [-0.2, 0) is 5.41 Å². The molecule has 1 unspecified atom stereocenters. The Bertz CT molecular complexity index is 362. The van der Waals surface area contributed by atoms with Crippen molar-refractivity contribution in [1.29, 1.82) is 0 Å². The molecule has 0 saturated heterocycles. The molecule has 0 fully saturated rings. The topological polar surface area (TPSA) is 12.0 Å². The van der Waals surface area contributed by atoms with E-state index in [1.165, 1.54) is 11.1 Å². The first kappa shape index (κ1) is 12.8. The fraction of sp³-hybridized carbons (Fsp3) is 0.467. The van der Waals surface area contributed by atoms with Gasteiger partial charge in [-0.2, -0.15) is 0 Å². The third kappa shape index (κ3) is 3.40. The molecule has 1 nitrogen and oxygen atoms in total. The predicted molar refractivity (Wildman–Crippen MR) is 70.4 cm³/mol. The van der Waals surface area contributed by atoms with E-state index in [0.29, 0.717) is 12.6 Å². The summed E-state index contributed by atoms with van der Waals surface area (Å²) in [7, 11) is 0. The van der Waals surface area contributed by atoms with Gasteiger partial charge in [-0.3, -0.25) is 5.32 Å². The van der Waals surface area contributed by atoms with E-state index in [-0.39, 0.29) is 5.41 Å². The molecule has 0 amide bonds. The number of rotatable bonds is 3. The molecule has 1 heteroatoms. The van der Waals surface area contributed by atoms with Crippen molar-refractivity contribution >= 4 is 0 Å². The second-order valence-corrected chi connectivity index (χ2v) is 5.18. The average Bonchev–Trinajstić information content (AvgIpc) is 2.25. The zero-order valence-corrected chi connectivity index (χ0v) is 10.7. The zero-order chi connectivity index (χ0) is 12.2. The molecule has 0 saturated carbocycles. The van der Waals surface area contributed by atoms with E-state index in [9.17, 15) is 0 Å². The highest BCUT2D eigenvalue weighted by molar-refractivity contribution is 5.29. The summed E-state index contributed by atoms with van der Waals surface area (Å²) in [6.45, 7) is 9.41. The maximum atomic E-state index is 5.22. The standard InChI is InChI=1S/C15H21N/c1-6-11-16-12(2)13-7-9-14(10-8-13)15(3,4)5/h1,7-10,12,16H,11H2,2-5H3. The van der Waals surface area contributed by atoms with Crippen molar-refractivity contribution in [2.24, 2.45) is 0 Å². The first-order valence-electron chi connectivity index (χ1n) is 5.72. The molecule has 0 aliphatic rings. The Hall–Kier alpha value is -1.26. The molecule has 1 aromatic carbocycles. The second kappa shape index (κ2) is 5.18. The highest BCUT2D eigenvalue weighted by Crippen LogP contribution is 2.23. The number of nitrogens with one attached hydrogen (secondary N) is 1. The van der Waals surface area contributed by atoms with E-state index < -0.39 is 0 Å². The molecule has 0 aliphatic carbocycles. The fourth-order valence-electron chi connectivity index (χ4n) is 1.60. The Balaban J connectivity index is 2.76. The highest BCUT2D eigenvalue weighted by Gasteiger charge is 2.13. The van der Waals surface area contributed by atoms with Crippen molar-refractivity contribution in [1.82, 2.24) is 5.32 Å². The fourth-order valence-corrected chi connectivity index (χ4v) is 1.60. The van der Waals surface area contributed by atoms with Crippen LogP contribution in [0.5, 0.6) is 0 Å². The van der Waals surface area contributed by atoms with Crippen molar-refractivity contribution < 1.29 is 0 Å². The lowest BCUT2D eigenvalue weighted by Crippen LogP contribution is -2.19. The molecule has 0 bridgehead atoms. The minimum absolute atomic E-state index is 0.216. The van der Waals surface area contributed by atoms with Gasteiger partial charge in [0, 0.05) is 6.04 Å².